The molecule has 0 bridgehead atoms. The van der Waals surface area contributed by atoms with Gasteiger partial charge in [-0.25, -0.2) is 14.0 Å². The van der Waals surface area contributed by atoms with Gasteiger partial charge in [0.1, 0.15) is 11.5 Å². The van der Waals surface area contributed by atoms with Gasteiger partial charge in [-0.15, -0.1) is 0 Å². The number of H-pyrrole nitrogens is 1. The van der Waals surface area contributed by atoms with E-state index in [4.69, 9.17) is 4.42 Å². The van der Waals surface area contributed by atoms with Gasteiger partial charge in [0, 0.05) is 32.1 Å². The lowest BCUT2D eigenvalue weighted by atomic mass is 9.96. The molecule has 0 spiro atoms. The molecule has 9 heteroatoms. The second-order valence-corrected chi connectivity index (χ2v) is 7.67. The van der Waals surface area contributed by atoms with E-state index in [1.54, 1.807) is 34.9 Å². The van der Waals surface area contributed by atoms with Gasteiger partial charge in [0.25, 0.3) is 5.91 Å². The summed E-state index contributed by atoms with van der Waals surface area (Å²) in [6.07, 6.45) is 3.25. The van der Waals surface area contributed by atoms with E-state index in [-0.39, 0.29) is 17.5 Å². The molecule has 1 aromatic carbocycles. The number of rotatable bonds is 4. The molecule has 0 saturated carbocycles. The third kappa shape index (κ3) is 3.48. The molecular formula is C22H22N6O3. The fourth-order valence-corrected chi connectivity index (χ4v) is 4.09. The zero-order chi connectivity index (χ0) is 21.4. The molecule has 158 valence electrons. The number of piperidine rings is 1. The molecular weight excluding hydrogens is 396 g/mol. The molecule has 3 aromatic heterocycles. The lowest BCUT2D eigenvalue weighted by Gasteiger charge is -2.31. The first-order valence-electron chi connectivity index (χ1n) is 10.2. The first-order chi connectivity index (χ1) is 15.1. The van der Waals surface area contributed by atoms with Gasteiger partial charge in [0.05, 0.1) is 12.0 Å². The lowest BCUT2D eigenvalue weighted by Crippen LogP contribution is -2.40. The number of hydrogen-bond donors (Lipinski definition) is 1. The van der Waals surface area contributed by atoms with Crippen molar-refractivity contribution in [2.24, 2.45) is 7.05 Å². The van der Waals surface area contributed by atoms with Gasteiger partial charge < -0.3 is 9.32 Å². The first kappa shape index (κ1) is 19.1. The van der Waals surface area contributed by atoms with E-state index in [0.717, 1.165) is 18.5 Å². The zero-order valence-corrected chi connectivity index (χ0v) is 17.1. The Kier molecular flexibility index (Phi) is 4.78. The number of hydrogen-bond acceptors (Lipinski definition) is 5. The molecule has 5 rings (SSSR count). The average molecular weight is 418 g/mol. The lowest BCUT2D eigenvalue weighted by molar-refractivity contribution is 0.0698. The van der Waals surface area contributed by atoms with Gasteiger partial charge in [-0.1, -0.05) is 18.2 Å². The highest BCUT2D eigenvalue weighted by Gasteiger charge is 2.31. The summed E-state index contributed by atoms with van der Waals surface area (Å²) in [5, 5.41) is 11.5. The number of likely N-dealkylation sites (tertiary alicyclic amines) is 1. The number of para-hydroxylation sites is 1. The van der Waals surface area contributed by atoms with Crippen molar-refractivity contribution in [2.75, 3.05) is 13.1 Å². The van der Waals surface area contributed by atoms with Crippen molar-refractivity contribution in [2.45, 2.75) is 18.8 Å². The van der Waals surface area contributed by atoms with Crippen LogP contribution in [0.5, 0.6) is 0 Å². The highest BCUT2D eigenvalue weighted by Crippen LogP contribution is 2.28. The van der Waals surface area contributed by atoms with Crippen LogP contribution in [0.1, 0.15) is 35.1 Å². The Hall–Kier alpha value is -3.88. The summed E-state index contributed by atoms with van der Waals surface area (Å²) in [5.74, 6) is 1.11. The molecule has 9 nitrogen and oxygen atoms in total. The Morgan fingerprint density at radius 2 is 2.03 bits per heavy atom. The largest absolute Gasteiger partial charge is 0.463 e. The van der Waals surface area contributed by atoms with Crippen LogP contribution in [0.3, 0.4) is 0 Å². The molecule has 1 unspecified atom stereocenters. The fraction of sp³-hybridized carbons (Fsp3) is 0.273. The third-order valence-corrected chi connectivity index (χ3v) is 5.62. The average Bonchev–Trinajstić information content (AvgIpc) is 3.55. The molecule has 1 N–H and O–H groups in total. The van der Waals surface area contributed by atoms with Crippen molar-refractivity contribution in [1.82, 2.24) is 29.4 Å². The number of nitrogens with one attached hydrogen (secondary N) is 1. The van der Waals surface area contributed by atoms with Crippen molar-refractivity contribution in [3.05, 3.63) is 76.8 Å². The van der Waals surface area contributed by atoms with Crippen LogP contribution >= 0.6 is 0 Å². The van der Waals surface area contributed by atoms with Gasteiger partial charge >= 0.3 is 5.69 Å². The first-order valence-corrected chi connectivity index (χ1v) is 10.2. The van der Waals surface area contributed by atoms with Gasteiger partial charge in [-0.05, 0) is 37.1 Å². The summed E-state index contributed by atoms with van der Waals surface area (Å²) in [5.41, 5.74) is 1.58. The second kappa shape index (κ2) is 7.75. The van der Waals surface area contributed by atoms with Gasteiger partial charge in [-0.2, -0.15) is 10.2 Å². The Balaban J connectivity index is 1.41. The molecule has 1 aliphatic heterocycles. The van der Waals surface area contributed by atoms with E-state index >= 15 is 0 Å². The number of carbonyl (C=O) groups is 1. The van der Waals surface area contributed by atoms with Crippen molar-refractivity contribution in [3.63, 3.8) is 0 Å². The van der Waals surface area contributed by atoms with Crippen molar-refractivity contribution in [3.8, 4) is 17.1 Å². The topological polar surface area (TPSA) is 102 Å². The summed E-state index contributed by atoms with van der Waals surface area (Å²) in [6, 6.07) is 14.8. The number of benzene rings is 1. The molecule has 1 fully saturated rings. The minimum absolute atomic E-state index is 0.0460. The number of carbonyl (C=O) groups excluding carboxylic acids is 1. The van der Waals surface area contributed by atoms with E-state index in [1.165, 1.54) is 4.68 Å². The van der Waals surface area contributed by atoms with E-state index in [0.29, 0.717) is 36.1 Å². The maximum atomic E-state index is 13.1. The van der Waals surface area contributed by atoms with Crippen LogP contribution in [0, 0.1) is 0 Å². The molecule has 0 aliphatic carbocycles. The number of nitrogens with zero attached hydrogens (tertiary/aromatic N) is 5. The zero-order valence-electron chi connectivity index (χ0n) is 17.1. The van der Waals surface area contributed by atoms with Crippen LogP contribution < -0.4 is 5.69 Å². The van der Waals surface area contributed by atoms with E-state index < -0.39 is 0 Å². The maximum Gasteiger partial charge on any atom is 0.350 e. The molecule has 1 saturated heterocycles. The number of furan rings is 1. The summed E-state index contributed by atoms with van der Waals surface area (Å²) >= 11 is 0. The van der Waals surface area contributed by atoms with Crippen molar-refractivity contribution >= 4 is 5.91 Å². The Morgan fingerprint density at radius 1 is 1.19 bits per heavy atom. The number of aromatic nitrogens is 5. The quantitative estimate of drug-likeness (QED) is 0.549. The second-order valence-electron chi connectivity index (χ2n) is 7.67. The molecule has 1 atom stereocenters. The summed E-state index contributed by atoms with van der Waals surface area (Å²) in [4.78, 5) is 27.6. The smallest absolute Gasteiger partial charge is 0.350 e. The SMILES string of the molecule is Cn1nc(C2CCCN(C(=O)c3cc(-c4ccco4)[nH]n3)C2)n(-c2ccccc2)c1=O. The monoisotopic (exact) mass is 418 g/mol. The number of amides is 1. The van der Waals surface area contributed by atoms with Crippen LogP contribution in [0.2, 0.25) is 0 Å². The molecule has 1 amide bonds. The fourth-order valence-electron chi connectivity index (χ4n) is 4.09. The molecule has 1 aliphatic rings. The Bertz CT molecular complexity index is 1250. The number of aromatic amines is 1. The van der Waals surface area contributed by atoms with Crippen LogP contribution in [-0.2, 0) is 7.05 Å². The van der Waals surface area contributed by atoms with Crippen LogP contribution in [-0.4, -0.2) is 48.4 Å². The summed E-state index contributed by atoms with van der Waals surface area (Å²) in [7, 11) is 1.65. The summed E-state index contributed by atoms with van der Waals surface area (Å²) in [6.45, 7) is 1.12. The van der Waals surface area contributed by atoms with Crippen LogP contribution in [0.4, 0.5) is 0 Å². The van der Waals surface area contributed by atoms with E-state index in [1.807, 2.05) is 36.4 Å². The molecule has 4 aromatic rings. The molecule has 0 radical (unpaired) electrons. The molecule has 31 heavy (non-hydrogen) atoms. The Morgan fingerprint density at radius 3 is 2.81 bits per heavy atom. The van der Waals surface area contributed by atoms with E-state index in [9.17, 15) is 9.59 Å². The standard InChI is InChI=1S/C22H22N6O3/c1-26-22(30)28(16-8-3-2-4-9-16)20(25-26)15-7-5-11-27(14-15)21(29)18-13-17(23-24-18)19-10-6-12-31-19/h2-4,6,8-10,12-13,15H,5,7,11,14H2,1H3,(H,23,24). The predicted molar refractivity (Wildman–Crippen MR) is 113 cm³/mol. The van der Waals surface area contributed by atoms with E-state index in [2.05, 4.69) is 15.3 Å². The number of aryl methyl sites for hydroxylation is 1. The van der Waals surface area contributed by atoms with Crippen LogP contribution in [0.25, 0.3) is 17.1 Å². The summed E-state index contributed by atoms with van der Waals surface area (Å²) < 4.78 is 8.36. The van der Waals surface area contributed by atoms with Gasteiger partial charge in [0.15, 0.2) is 11.5 Å². The highest BCUT2D eigenvalue weighted by atomic mass is 16.3. The minimum Gasteiger partial charge on any atom is -0.463 e. The highest BCUT2D eigenvalue weighted by molar-refractivity contribution is 5.93. The normalized spacial score (nSPS) is 16.5. The predicted octanol–water partition coefficient (Wildman–Crippen LogP) is 2.57. The van der Waals surface area contributed by atoms with Crippen molar-refractivity contribution in [1.29, 1.82) is 0 Å². The van der Waals surface area contributed by atoms with Crippen LogP contribution in [0.15, 0.2) is 64.0 Å². The minimum atomic E-state index is -0.194. The van der Waals surface area contributed by atoms with Crippen molar-refractivity contribution < 1.29 is 9.21 Å². The van der Waals surface area contributed by atoms with Gasteiger partial charge in [-0.3, -0.25) is 9.89 Å². The van der Waals surface area contributed by atoms with Gasteiger partial charge in [0.2, 0.25) is 0 Å². The third-order valence-electron chi connectivity index (χ3n) is 5.62. The molecule has 4 heterocycles. The maximum absolute atomic E-state index is 13.1. The Labute approximate surface area is 177 Å².